The van der Waals surface area contributed by atoms with Crippen molar-refractivity contribution in [2.45, 2.75) is 57.9 Å². The van der Waals surface area contributed by atoms with Crippen LogP contribution in [0.25, 0.3) is 0 Å². The standard InChI is InChI=1S/C17H25NO2/c1-3-4-5-12-20-15-8-6-14(7-9-15)13-17(2)11-10-16(19)18-17/h6-9H,3-5,10-13H2,1-2H3,(H,18,19). The van der Waals surface area contributed by atoms with Gasteiger partial charge in [-0.1, -0.05) is 31.9 Å². The highest BCUT2D eigenvalue weighted by molar-refractivity contribution is 5.79. The molecule has 1 aliphatic heterocycles. The maximum Gasteiger partial charge on any atom is 0.220 e. The Labute approximate surface area is 121 Å². The summed E-state index contributed by atoms with van der Waals surface area (Å²) < 4.78 is 5.71. The summed E-state index contributed by atoms with van der Waals surface area (Å²) in [6, 6.07) is 8.26. The first-order valence-corrected chi connectivity index (χ1v) is 7.64. The number of carbonyl (C=O) groups is 1. The highest BCUT2D eigenvalue weighted by atomic mass is 16.5. The topological polar surface area (TPSA) is 38.3 Å². The van der Waals surface area contributed by atoms with Crippen molar-refractivity contribution in [2.75, 3.05) is 6.61 Å². The molecule has 2 rings (SSSR count). The number of amides is 1. The Hall–Kier alpha value is -1.51. The molecule has 1 amide bonds. The fourth-order valence-electron chi connectivity index (χ4n) is 2.68. The third-order valence-electron chi connectivity index (χ3n) is 3.88. The number of hydrogen-bond acceptors (Lipinski definition) is 2. The van der Waals surface area contributed by atoms with Gasteiger partial charge in [-0.25, -0.2) is 0 Å². The first-order chi connectivity index (χ1) is 9.61. The van der Waals surface area contributed by atoms with E-state index in [-0.39, 0.29) is 11.4 Å². The molecule has 0 saturated carbocycles. The average Bonchev–Trinajstić information content (AvgIpc) is 2.76. The van der Waals surface area contributed by atoms with Gasteiger partial charge in [0.05, 0.1) is 6.61 Å². The maximum absolute atomic E-state index is 11.3. The minimum Gasteiger partial charge on any atom is -0.494 e. The molecule has 0 radical (unpaired) electrons. The van der Waals surface area contributed by atoms with Gasteiger partial charge in [0, 0.05) is 12.0 Å². The third-order valence-corrected chi connectivity index (χ3v) is 3.88. The van der Waals surface area contributed by atoms with Crippen molar-refractivity contribution in [1.29, 1.82) is 0 Å². The van der Waals surface area contributed by atoms with E-state index in [9.17, 15) is 4.79 Å². The number of nitrogens with one attached hydrogen (secondary N) is 1. The van der Waals surface area contributed by atoms with Gasteiger partial charge in [-0.3, -0.25) is 4.79 Å². The summed E-state index contributed by atoms with van der Waals surface area (Å²) in [5.74, 6) is 1.11. The van der Waals surface area contributed by atoms with E-state index in [2.05, 4.69) is 31.3 Å². The summed E-state index contributed by atoms with van der Waals surface area (Å²) in [6.45, 7) is 5.10. The number of benzene rings is 1. The van der Waals surface area contributed by atoms with Crippen LogP contribution < -0.4 is 10.1 Å². The molecule has 1 atom stereocenters. The molecular formula is C17H25NO2. The first kappa shape index (κ1) is 14.9. The minimum absolute atomic E-state index is 0.0828. The van der Waals surface area contributed by atoms with Gasteiger partial charge in [0.15, 0.2) is 0 Å². The zero-order chi connectivity index (χ0) is 14.4. The highest BCUT2D eigenvalue weighted by Gasteiger charge is 2.32. The lowest BCUT2D eigenvalue weighted by atomic mass is 9.91. The zero-order valence-electron chi connectivity index (χ0n) is 12.6. The molecule has 0 aliphatic carbocycles. The molecule has 1 aliphatic rings. The van der Waals surface area contributed by atoms with Crippen LogP contribution in [0.5, 0.6) is 5.75 Å². The summed E-state index contributed by atoms with van der Waals surface area (Å²) in [6.07, 6.45) is 6.00. The monoisotopic (exact) mass is 275 g/mol. The highest BCUT2D eigenvalue weighted by Crippen LogP contribution is 2.25. The van der Waals surface area contributed by atoms with Crippen LogP contribution in [-0.4, -0.2) is 18.1 Å². The number of rotatable bonds is 7. The van der Waals surface area contributed by atoms with Crippen LogP contribution in [0.2, 0.25) is 0 Å². The molecule has 1 aromatic rings. The molecule has 1 unspecified atom stereocenters. The fourth-order valence-corrected chi connectivity index (χ4v) is 2.68. The Kier molecular flexibility index (Phi) is 5.05. The Morgan fingerprint density at radius 1 is 1.25 bits per heavy atom. The van der Waals surface area contributed by atoms with Crippen molar-refractivity contribution in [2.24, 2.45) is 0 Å². The normalized spacial score (nSPS) is 21.8. The second kappa shape index (κ2) is 6.78. The molecule has 110 valence electrons. The van der Waals surface area contributed by atoms with Crippen LogP contribution in [-0.2, 0) is 11.2 Å². The third kappa shape index (κ3) is 4.26. The quantitative estimate of drug-likeness (QED) is 0.774. The Balaban J connectivity index is 1.83. The van der Waals surface area contributed by atoms with E-state index in [0.29, 0.717) is 6.42 Å². The Morgan fingerprint density at radius 2 is 2.00 bits per heavy atom. The van der Waals surface area contributed by atoms with E-state index in [1.807, 2.05) is 12.1 Å². The summed E-state index contributed by atoms with van der Waals surface area (Å²) in [5, 5.41) is 3.07. The smallest absolute Gasteiger partial charge is 0.220 e. The van der Waals surface area contributed by atoms with Crippen molar-refractivity contribution >= 4 is 5.91 Å². The lowest BCUT2D eigenvalue weighted by Gasteiger charge is -2.24. The molecule has 1 fully saturated rings. The number of ether oxygens (including phenoxy) is 1. The molecule has 1 aromatic carbocycles. The second-order valence-electron chi connectivity index (χ2n) is 5.99. The van der Waals surface area contributed by atoms with Crippen LogP contribution in [0.1, 0.15) is 51.5 Å². The predicted molar refractivity (Wildman–Crippen MR) is 80.9 cm³/mol. The molecule has 3 nitrogen and oxygen atoms in total. The summed E-state index contributed by atoms with van der Waals surface area (Å²) in [4.78, 5) is 11.3. The lowest BCUT2D eigenvalue weighted by molar-refractivity contribution is -0.119. The number of unbranched alkanes of at least 4 members (excludes halogenated alkanes) is 2. The number of carbonyl (C=O) groups excluding carboxylic acids is 1. The van der Waals surface area contributed by atoms with Gasteiger partial charge in [-0.2, -0.15) is 0 Å². The molecule has 1 N–H and O–H groups in total. The van der Waals surface area contributed by atoms with Gasteiger partial charge in [0.25, 0.3) is 0 Å². The molecule has 0 aromatic heterocycles. The summed E-state index contributed by atoms with van der Waals surface area (Å²) >= 11 is 0. The van der Waals surface area contributed by atoms with Gasteiger partial charge in [0.2, 0.25) is 5.91 Å². The molecule has 3 heteroatoms. The largest absolute Gasteiger partial charge is 0.494 e. The first-order valence-electron chi connectivity index (χ1n) is 7.64. The van der Waals surface area contributed by atoms with Gasteiger partial charge in [0.1, 0.15) is 5.75 Å². The minimum atomic E-state index is -0.0828. The van der Waals surface area contributed by atoms with E-state index in [1.165, 1.54) is 18.4 Å². The summed E-state index contributed by atoms with van der Waals surface area (Å²) in [5.41, 5.74) is 1.16. The number of hydrogen-bond donors (Lipinski definition) is 1. The van der Waals surface area contributed by atoms with Crippen molar-refractivity contribution in [3.8, 4) is 5.75 Å². The van der Waals surface area contributed by atoms with Crippen LogP contribution in [0.4, 0.5) is 0 Å². The predicted octanol–water partition coefficient (Wildman–Crippen LogP) is 3.47. The average molecular weight is 275 g/mol. The second-order valence-corrected chi connectivity index (χ2v) is 5.99. The molecular weight excluding hydrogens is 250 g/mol. The van der Waals surface area contributed by atoms with Crippen LogP contribution in [0, 0.1) is 0 Å². The van der Waals surface area contributed by atoms with Gasteiger partial charge in [-0.05, 0) is 43.9 Å². The van der Waals surface area contributed by atoms with E-state index in [4.69, 9.17) is 4.74 Å². The van der Waals surface area contributed by atoms with Crippen molar-refractivity contribution in [1.82, 2.24) is 5.32 Å². The molecule has 1 saturated heterocycles. The summed E-state index contributed by atoms with van der Waals surface area (Å²) in [7, 11) is 0. The van der Waals surface area contributed by atoms with E-state index in [1.54, 1.807) is 0 Å². The maximum atomic E-state index is 11.3. The van der Waals surface area contributed by atoms with Gasteiger partial charge < -0.3 is 10.1 Å². The van der Waals surface area contributed by atoms with Gasteiger partial charge >= 0.3 is 0 Å². The van der Waals surface area contributed by atoms with Crippen molar-refractivity contribution in [3.63, 3.8) is 0 Å². The van der Waals surface area contributed by atoms with E-state index >= 15 is 0 Å². The van der Waals surface area contributed by atoms with Crippen molar-refractivity contribution < 1.29 is 9.53 Å². The lowest BCUT2D eigenvalue weighted by Crippen LogP contribution is -2.40. The van der Waals surface area contributed by atoms with E-state index in [0.717, 1.165) is 31.6 Å². The van der Waals surface area contributed by atoms with Crippen LogP contribution in [0.3, 0.4) is 0 Å². The molecule has 0 spiro atoms. The Bertz CT molecular complexity index is 441. The Morgan fingerprint density at radius 3 is 2.60 bits per heavy atom. The van der Waals surface area contributed by atoms with Gasteiger partial charge in [-0.15, -0.1) is 0 Å². The molecule has 20 heavy (non-hydrogen) atoms. The zero-order valence-corrected chi connectivity index (χ0v) is 12.6. The van der Waals surface area contributed by atoms with Crippen molar-refractivity contribution in [3.05, 3.63) is 29.8 Å². The molecule has 1 heterocycles. The molecule has 0 bridgehead atoms. The SMILES string of the molecule is CCCCCOc1ccc(CC2(C)CCC(=O)N2)cc1. The van der Waals surface area contributed by atoms with E-state index < -0.39 is 0 Å². The fraction of sp³-hybridized carbons (Fsp3) is 0.588. The van der Waals surface area contributed by atoms with Crippen LogP contribution >= 0.6 is 0 Å². The van der Waals surface area contributed by atoms with Crippen LogP contribution in [0.15, 0.2) is 24.3 Å².